The maximum atomic E-state index is 12.8. The van der Waals surface area contributed by atoms with Crippen LogP contribution in [0.1, 0.15) is 168 Å². The Morgan fingerprint density at radius 3 is 1.43 bits per heavy atom. The van der Waals surface area contributed by atoms with E-state index in [0.717, 1.165) is 70.6 Å². The van der Waals surface area contributed by atoms with E-state index in [1.165, 1.54) is 57.8 Å². The molecule has 1 aliphatic rings. The van der Waals surface area contributed by atoms with Gasteiger partial charge in [0.1, 0.15) is 43.2 Å². The fourth-order valence-electron chi connectivity index (χ4n) is 6.67. The highest BCUT2D eigenvalue weighted by molar-refractivity contribution is 7.47. The third-order valence-corrected chi connectivity index (χ3v) is 11.4. The number of esters is 2. The number of aliphatic hydroxyl groups excluding tert-OH is 5. The van der Waals surface area contributed by atoms with Crippen molar-refractivity contribution in [2.24, 2.45) is 0 Å². The summed E-state index contributed by atoms with van der Waals surface area (Å²) >= 11 is 0. The number of ether oxygens (including phenoxy) is 2. The highest BCUT2D eigenvalue weighted by atomic mass is 31.2. The molecule has 6 unspecified atom stereocenters. The number of rotatable bonds is 37. The third kappa shape index (κ3) is 29.5. The lowest BCUT2D eigenvalue weighted by atomic mass is 9.85. The molecule has 0 aromatic heterocycles. The standard InChI is InChI=1S/C47H81O13P/c1-3-5-7-9-11-13-15-17-18-19-20-21-22-24-26-28-30-32-34-36-41(49)59-39(38-58-61(55,56)60-47-45(53)43(51)42(50)44(52)46(47)54)37-57-40(48)35-33-31-29-27-25-23-16-14-12-10-8-6-4-2/h5,7,11,13,17-18,20-21,24,26,39,42-47,50-54H,3-4,6,8-10,12,14-16,19,22-23,25,27-38H2,1-2H3,(H,55,56)/b7-5+,13-11+,18-17+,21-20+,26-24+/t39-,42?,43+,44?,45?,46?,47?/m1/s1. The number of hydrogen-bond donors (Lipinski definition) is 6. The van der Waals surface area contributed by atoms with E-state index in [9.17, 15) is 44.6 Å². The summed E-state index contributed by atoms with van der Waals surface area (Å²) in [5.74, 6) is -1.14. The average Bonchev–Trinajstić information content (AvgIpc) is 3.24. The molecule has 352 valence electrons. The molecule has 13 nitrogen and oxygen atoms in total. The first-order valence-electron chi connectivity index (χ1n) is 23.1. The van der Waals surface area contributed by atoms with Crippen molar-refractivity contribution in [3.63, 3.8) is 0 Å². The molecule has 0 aromatic rings. The van der Waals surface area contributed by atoms with Crippen molar-refractivity contribution in [3.05, 3.63) is 60.8 Å². The highest BCUT2D eigenvalue weighted by Gasteiger charge is 2.51. The first-order chi connectivity index (χ1) is 29.4. The van der Waals surface area contributed by atoms with Gasteiger partial charge in [0.2, 0.25) is 0 Å². The van der Waals surface area contributed by atoms with Crippen LogP contribution in [0.15, 0.2) is 60.8 Å². The first-order valence-corrected chi connectivity index (χ1v) is 24.6. The molecule has 1 saturated carbocycles. The normalized spacial score (nSPS) is 22.6. The monoisotopic (exact) mass is 885 g/mol. The molecule has 61 heavy (non-hydrogen) atoms. The molecule has 0 radical (unpaired) electrons. The SMILES string of the molecule is CC/C=C/C/C=C/C/C=C/C/C=C/C/C=C/CCCCCC(=O)O[C@H](COC(=O)CCCCCCCCCCCCCCC)COP(=O)(O)OC1C(O)C(O)C(O)[C@H](O)C1O. The smallest absolute Gasteiger partial charge is 0.462 e. The number of phosphoric acid groups is 1. The van der Waals surface area contributed by atoms with Gasteiger partial charge >= 0.3 is 19.8 Å². The summed E-state index contributed by atoms with van der Waals surface area (Å²) in [6.45, 7) is 3.15. The van der Waals surface area contributed by atoms with E-state index in [-0.39, 0.29) is 12.8 Å². The average molecular weight is 885 g/mol. The third-order valence-electron chi connectivity index (χ3n) is 10.4. The molecule has 6 N–H and O–H groups in total. The minimum atomic E-state index is -5.13. The zero-order valence-corrected chi connectivity index (χ0v) is 38.1. The van der Waals surface area contributed by atoms with Crippen molar-refractivity contribution >= 4 is 19.8 Å². The Morgan fingerprint density at radius 1 is 0.525 bits per heavy atom. The highest BCUT2D eigenvalue weighted by Crippen LogP contribution is 2.47. The maximum absolute atomic E-state index is 12.8. The predicted octanol–water partition coefficient (Wildman–Crippen LogP) is 8.94. The molecule has 1 rings (SSSR count). The topological polar surface area (TPSA) is 210 Å². The molecule has 0 heterocycles. The Kier molecular flexibility index (Phi) is 34.3. The van der Waals surface area contributed by atoms with E-state index in [1.54, 1.807) is 0 Å². The van der Waals surface area contributed by atoms with Gasteiger partial charge in [0.05, 0.1) is 6.61 Å². The Labute approximate surface area is 366 Å². The second kappa shape index (κ2) is 37.0. The fraction of sp³-hybridized carbons (Fsp3) is 0.745. The van der Waals surface area contributed by atoms with Crippen LogP contribution in [0.3, 0.4) is 0 Å². The van der Waals surface area contributed by atoms with Crippen molar-refractivity contribution in [2.75, 3.05) is 13.2 Å². The van der Waals surface area contributed by atoms with Crippen molar-refractivity contribution in [3.8, 4) is 0 Å². The summed E-state index contributed by atoms with van der Waals surface area (Å²) < 4.78 is 33.5. The van der Waals surface area contributed by atoms with Crippen molar-refractivity contribution < 1.29 is 63.1 Å². The lowest BCUT2D eigenvalue weighted by molar-refractivity contribution is -0.220. The Morgan fingerprint density at radius 2 is 0.934 bits per heavy atom. The second-order valence-electron chi connectivity index (χ2n) is 15.9. The minimum absolute atomic E-state index is 0.0565. The largest absolute Gasteiger partial charge is 0.472 e. The molecule has 0 amide bonds. The van der Waals surface area contributed by atoms with Crippen LogP contribution >= 0.6 is 7.82 Å². The van der Waals surface area contributed by atoms with Crippen molar-refractivity contribution in [1.29, 1.82) is 0 Å². The van der Waals surface area contributed by atoms with Gasteiger partial charge in [0.15, 0.2) is 6.10 Å². The van der Waals surface area contributed by atoms with E-state index in [1.807, 2.05) is 0 Å². The molecule has 0 saturated heterocycles. The number of hydrogen-bond acceptors (Lipinski definition) is 12. The van der Waals surface area contributed by atoms with Gasteiger partial charge in [-0.3, -0.25) is 18.6 Å². The molecule has 1 fully saturated rings. The summed E-state index contributed by atoms with van der Waals surface area (Å²) in [4.78, 5) is 35.7. The summed E-state index contributed by atoms with van der Waals surface area (Å²) in [6, 6.07) is 0. The van der Waals surface area contributed by atoms with Gasteiger partial charge in [-0.1, -0.05) is 158 Å². The molecule has 0 spiro atoms. The van der Waals surface area contributed by atoms with Crippen LogP contribution in [0.25, 0.3) is 0 Å². The van der Waals surface area contributed by atoms with E-state index < -0.39 is 75.7 Å². The van der Waals surface area contributed by atoms with Crippen molar-refractivity contribution in [2.45, 2.75) is 211 Å². The molecular weight excluding hydrogens is 803 g/mol. The Bertz CT molecular complexity index is 1300. The predicted molar refractivity (Wildman–Crippen MR) is 239 cm³/mol. The van der Waals surface area contributed by atoms with E-state index in [4.69, 9.17) is 18.5 Å². The summed E-state index contributed by atoms with van der Waals surface area (Å²) in [7, 11) is -5.13. The van der Waals surface area contributed by atoms with E-state index in [2.05, 4.69) is 74.6 Å². The quantitative estimate of drug-likeness (QED) is 0.0149. The van der Waals surface area contributed by atoms with Crippen LogP contribution in [0.4, 0.5) is 0 Å². The van der Waals surface area contributed by atoms with Crippen LogP contribution in [0.5, 0.6) is 0 Å². The van der Waals surface area contributed by atoms with Gasteiger partial charge in [-0.2, -0.15) is 0 Å². The van der Waals surface area contributed by atoms with Crippen LogP contribution in [-0.2, 0) is 32.7 Å². The Hall–Kier alpha value is -2.45. The maximum Gasteiger partial charge on any atom is 0.472 e. The molecular formula is C47H81O13P. The first kappa shape index (κ1) is 56.6. The van der Waals surface area contributed by atoms with Crippen LogP contribution in [0, 0.1) is 0 Å². The molecule has 0 aromatic carbocycles. The van der Waals surface area contributed by atoms with Crippen LogP contribution in [-0.4, -0.2) is 98.3 Å². The summed E-state index contributed by atoms with van der Waals surface area (Å²) in [6.07, 6.45) is 31.3. The lowest BCUT2D eigenvalue weighted by Gasteiger charge is -2.41. The lowest BCUT2D eigenvalue weighted by Crippen LogP contribution is -2.64. The molecule has 1 aliphatic carbocycles. The van der Waals surface area contributed by atoms with Gasteiger partial charge in [-0.25, -0.2) is 4.57 Å². The summed E-state index contributed by atoms with van der Waals surface area (Å²) in [5.41, 5.74) is 0. The van der Waals surface area contributed by atoms with Gasteiger partial charge in [-0.05, 0) is 57.8 Å². The van der Waals surface area contributed by atoms with Gasteiger partial charge in [0.25, 0.3) is 0 Å². The van der Waals surface area contributed by atoms with Gasteiger partial charge in [-0.15, -0.1) is 0 Å². The number of carbonyl (C=O) groups is 2. The number of aliphatic hydroxyl groups is 5. The number of phosphoric ester groups is 1. The second-order valence-corrected chi connectivity index (χ2v) is 17.3. The van der Waals surface area contributed by atoms with Crippen LogP contribution < -0.4 is 0 Å². The van der Waals surface area contributed by atoms with Gasteiger partial charge in [0, 0.05) is 12.8 Å². The number of unbranched alkanes of at least 4 members (excludes halogenated alkanes) is 15. The zero-order valence-electron chi connectivity index (χ0n) is 37.2. The summed E-state index contributed by atoms with van der Waals surface area (Å²) in [5, 5.41) is 50.1. The fourth-order valence-corrected chi connectivity index (χ4v) is 7.64. The minimum Gasteiger partial charge on any atom is -0.462 e. The number of allylic oxidation sites excluding steroid dienone is 10. The number of carbonyl (C=O) groups excluding carboxylic acids is 2. The van der Waals surface area contributed by atoms with Crippen molar-refractivity contribution in [1.82, 2.24) is 0 Å². The molecule has 8 atom stereocenters. The van der Waals surface area contributed by atoms with Gasteiger partial charge < -0.3 is 39.9 Å². The van der Waals surface area contributed by atoms with E-state index in [0.29, 0.717) is 12.8 Å². The van der Waals surface area contributed by atoms with E-state index >= 15 is 0 Å². The Balaban J connectivity index is 2.49. The molecule has 0 bridgehead atoms. The zero-order chi connectivity index (χ0) is 45.0. The molecule has 0 aliphatic heterocycles. The molecule has 14 heteroatoms. The van der Waals surface area contributed by atoms with Crippen LogP contribution in [0.2, 0.25) is 0 Å².